The van der Waals surface area contributed by atoms with Crippen molar-refractivity contribution in [2.75, 3.05) is 39.2 Å². The van der Waals surface area contributed by atoms with Crippen LogP contribution in [0.15, 0.2) is 18.3 Å². The molecule has 19 heavy (non-hydrogen) atoms. The highest BCUT2D eigenvalue weighted by molar-refractivity contribution is 5.90. The Kier molecular flexibility index (Phi) is 4.37. The number of hydrogen-bond donors (Lipinski definition) is 0. The van der Waals surface area contributed by atoms with Gasteiger partial charge in [0.1, 0.15) is 5.82 Å². The summed E-state index contributed by atoms with van der Waals surface area (Å²) in [6.07, 6.45) is 4.12. The molecule has 0 radical (unpaired) electrons. The van der Waals surface area contributed by atoms with E-state index in [9.17, 15) is 4.79 Å². The van der Waals surface area contributed by atoms with Crippen LogP contribution in [0.1, 0.15) is 23.2 Å². The summed E-state index contributed by atoms with van der Waals surface area (Å²) in [6, 6.07) is 4.01. The number of nitrogens with zero attached hydrogens (tertiary/aromatic N) is 3. The fourth-order valence-electron chi connectivity index (χ4n) is 2.49. The highest BCUT2D eigenvalue weighted by Gasteiger charge is 2.22. The van der Waals surface area contributed by atoms with Crippen LogP contribution in [0.4, 0.5) is 5.82 Å². The van der Waals surface area contributed by atoms with Gasteiger partial charge in [0.15, 0.2) is 0 Å². The third-order valence-corrected chi connectivity index (χ3v) is 3.71. The Morgan fingerprint density at radius 2 is 2.42 bits per heavy atom. The Labute approximate surface area is 114 Å². The third-order valence-electron chi connectivity index (χ3n) is 3.71. The van der Waals surface area contributed by atoms with Crippen LogP contribution >= 0.6 is 0 Å². The van der Waals surface area contributed by atoms with Gasteiger partial charge in [-0.2, -0.15) is 0 Å². The van der Waals surface area contributed by atoms with E-state index in [1.165, 1.54) is 20.0 Å². The Balaban J connectivity index is 2.06. The third kappa shape index (κ3) is 3.23. The van der Waals surface area contributed by atoms with E-state index in [0.717, 1.165) is 18.9 Å². The number of rotatable bonds is 4. The van der Waals surface area contributed by atoms with E-state index < -0.39 is 0 Å². The van der Waals surface area contributed by atoms with Crippen molar-refractivity contribution in [3.05, 3.63) is 23.9 Å². The number of ether oxygens (including phenoxy) is 1. The van der Waals surface area contributed by atoms with E-state index >= 15 is 0 Å². The Bertz CT molecular complexity index is 450. The highest BCUT2D eigenvalue weighted by atomic mass is 16.5. The average molecular weight is 263 g/mol. The Morgan fingerprint density at radius 1 is 1.63 bits per heavy atom. The van der Waals surface area contributed by atoms with E-state index in [-0.39, 0.29) is 5.97 Å². The van der Waals surface area contributed by atoms with E-state index in [1.54, 1.807) is 18.3 Å². The number of pyridine rings is 1. The zero-order valence-corrected chi connectivity index (χ0v) is 11.8. The van der Waals surface area contributed by atoms with Crippen molar-refractivity contribution in [1.29, 1.82) is 0 Å². The molecule has 1 aliphatic rings. The zero-order valence-electron chi connectivity index (χ0n) is 11.8. The maximum absolute atomic E-state index is 11.5. The number of likely N-dealkylation sites (N-methyl/N-ethyl adjacent to an activating group) is 2. The van der Waals surface area contributed by atoms with Gasteiger partial charge < -0.3 is 14.5 Å². The van der Waals surface area contributed by atoms with Gasteiger partial charge in [-0.05, 0) is 38.6 Å². The number of methoxy groups -OCH3 is 1. The number of hydrogen-bond acceptors (Lipinski definition) is 5. The van der Waals surface area contributed by atoms with Crippen molar-refractivity contribution >= 4 is 11.8 Å². The molecule has 0 amide bonds. The summed E-state index contributed by atoms with van der Waals surface area (Å²) >= 11 is 0. The van der Waals surface area contributed by atoms with Gasteiger partial charge in [0.25, 0.3) is 0 Å². The Morgan fingerprint density at radius 3 is 3.05 bits per heavy atom. The Hall–Kier alpha value is -1.62. The molecule has 1 aromatic rings. The molecule has 1 aromatic heterocycles. The highest BCUT2D eigenvalue weighted by Crippen LogP contribution is 2.18. The molecule has 1 saturated heterocycles. The molecule has 104 valence electrons. The van der Waals surface area contributed by atoms with Crippen LogP contribution in [-0.2, 0) is 4.74 Å². The smallest absolute Gasteiger partial charge is 0.338 e. The van der Waals surface area contributed by atoms with Crippen molar-refractivity contribution in [3.63, 3.8) is 0 Å². The van der Waals surface area contributed by atoms with E-state index in [4.69, 9.17) is 4.74 Å². The van der Waals surface area contributed by atoms with Crippen molar-refractivity contribution in [2.45, 2.75) is 18.9 Å². The molecule has 0 saturated carbocycles. The first-order chi connectivity index (χ1) is 9.11. The van der Waals surface area contributed by atoms with Crippen LogP contribution in [0, 0.1) is 0 Å². The van der Waals surface area contributed by atoms with E-state index in [0.29, 0.717) is 11.6 Å². The van der Waals surface area contributed by atoms with Crippen molar-refractivity contribution in [2.24, 2.45) is 0 Å². The fourth-order valence-corrected chi connectivity index (χ4v) is 2.49. The summed E-state index contributed by atoms with van der Waals surface area (Å²) in [4.78, 5) is 20.3. The van der Waals surface area contributed by atoms with E-state index in [1.807, 2.05) is 7.05 Å². The predicted molar refractivity (Wildman–Crippen MR) is 74.5 cm³/mol. The minimum absolute atomic E-state index is 0.324. The van der Waals surface area contributed by atoms with Crippen molar-refractivity contribution < 1.29 is 9.53 Å². The lowest BCUT2D eigenvalue weighted by Gasteiger charge is -2.26. The predicted octanol–water partition coefficient (Wildman–Crippen LogP) is 1.40. The second kappa shape index (κ2) is 6.02. The molecule has 2 rings (SSSR count). The number of aromatic nitrogens is 1. The minimum Gasteiger partial charge on any atom is -0.465 e. The summed E-state index contributed by atoms with van der Waals surface area (Å²) in [5.41, 5.74) is 0.541. The first-order valence-electron chi connectivity index (χ1n) is 6.57. The molecule has 1 fully saturated rings. The summed E-state index contributed by atoms with van der Waals surface area (Å²) in [5, 5.41) is 0. The molecular weight excluding hydrogens is 242 g/mol. The van der Waals surface area contributed by atoms with Gasteiger partial charge in [0.2, 0.25) is 0 Å². The maximum atomic E-state index is 11.5. The number of likely N-dealkylation sites (tertiary alicyclic amines) is 1. The van der Waals surface area contributed by atoms with E-state index in [2.05, 4.69) is 21.8 Å². The number of carbonyl (C=O) groups excluding carboxylic acids is 1. The molecule has 2 heterocycles. The monoisotopic (exact) mass is 263 g/mol. The van der Waals surface area contributed by atoms with Crippen LogP contribution in [0.25, 0.3) is 0 Å². The average Bonchev–Trinajstić information content (AvgIpc) is 2.83. The molecule has 1 aliphatic heterocycles. The molecule has 0 aromatic carbocycles. The first-order valence-corrected chi connectivity index (χ1v) is 6.57. The van der Waals surface area contributed by atoms with Gasteiger partial charge in [0.05, 0.1) is 12.7 Å². The van der Waals surface area contributed by atoms with Crippen molar-refractivity contribution in [1.82, 2.24) is 9.88 Å². The molecule has 1 unspecified atom stereocenters. The summed E-state index contributed by atoms with van der Waals surface area (Å²) < 4.78 is 4.73. The number of esters is 1. The normalized spacial score (nSPS) is 19.4. The molecule has 0 N–H and O–H groups in total. The molecule has 5 nitrogen and oxygen atoms in total. The van der Waals surface area contributed by atoms with Crippen LogP contribution in [-0.4, -0.2) is 56.2 Å². The van der Waals surface area contributed by atoms with Gasteiger partial charge in [-0.15, -0.1) is 0 Å². The summed E-state index contributed by atoms with van der Waals surface area (Å²) in [6.45, 7) is 2.09. The summed E-state index contributed by atoms with van der Waals surface area (Å²) in [7, 11) is 5.55. The quantitative estimate of drug-likeness (QED) is 0.768. The van der Waals surface area contributed by atoms with Crippen LogP contribution in [0.2, 0.25) is 0 Å². The van der Waals surface area contributed by atoms with Crippen LogP contribution in [0.3, 0.4) is 0 Å². The number of anilines is 1. The van der Waals surface area contributed by atoms with Gasteiger partial charge >= 0.3 is 5.97 Å². The topological polar surface area (TPSA) is 45.7 Å². The molecular formula is C14H21N3O2. The molecule has 1 atom stereocenters. The zero-order chi connectivity index (χ0) is 13.8. The number of carbonyl (C=O) groups is 1. The second-order valence-electron chi connectivity index (χ2n) is 5.05. The van der Waals surface area contributed by atoms with Gasteiger partial charge in [0, 0.05) is 25.8 Å². The van der Waals surface area contributed by atoms with Crippen LogP contribution < -0.4 is 4.90 Å². The SMILES string of the molecule is COC(=O)c1ccnc(N(C)CC2CCCN2C)c1. The largest absolute Gasteiger partial charge is 0.465 e. The lowest BCUT2D eigenvalue weighted by Crippen LogP contribution is -2.37. The lowest BCUT2D eigenvalue weighted by molar-refractivity contribution is 0.0600. The maximum Gasteiger partial charge on any atom is 0.338 e. The molecule has 5 heteroatoms. The molecule has 0 bridgehead atoms. The molecule has 0 aliphatic carbocycles. The first kappa shape index (κ1) is 13.8. The second-order valence-corrected chi connectivity index (χ2v) is 5.05. The fraction of sp³-hybridized carbons (Fsp3) is 0.571. The van der Waals surface area contributed by atoms with Gasteiger partial charge in [-0.1, -0.05) is 0 Å². The van der Waals surface area contributed by atoms with Crippen molar-refractivity contribution in [3.8, 4) is 0 Å². The van der Waals surface area contributed by atoms with Gasteiger partial charge in [-0.25, -0.2) is 9.78 Å². The summed E-state index contributed by atoms with van der Waals surface area (Å²) in [5.74, 6) is 0.484. The lowest BCUT2D eigenvalue weighted by atomic mass is 10.2. The standard InChI is InChI=1S/C14H21N3O2/c1-16-8-4-5-12(16)10-17(2)13-9-11(6-7-15-13)14(18)19-3/h6-7,9,12H,4-5,8,10H2,1-3H3. The van der Waals surface area contributed by atoms with Gasteiger partial charge in [-0.3, -0.25) is 0 Å². The minimum atomic E-state index is -0.324. The molecule has 0 spiro atoms. The van der Waals surface area contributed by atoms with Crippen LogP contribution in [0.5, 0.6) is 0 Å².